The van der Waals surface area contributed by atoms with Gasteiger partial charge < -0.3 is 11.5 Å². The molecule has 4 N–H and O–H groups in total. The van der Waals surface area contributed by atoms with Gasteiger partial charge in [-0.05, 0) is 24.5 Å². The number of nitrogen functional groups attached to an aromatic ring is 1. The van der Waals surface area contributed by atoms with Gasteiger partial charge in [0.1, 0.15) is 16.7 Å². The van der Waals surface area contributed by atoms with Crippen molar-refractivity contribution >= 4 is 35.2 Å². The molecule has 0 atom stereocenters. The molecular formula is C15H14F3N7OS. The topological polar surface area (TPSA) is 125 Å². The lowest BCUT2D eigenvalue weighted by Crippen LogP contribution is -2.48. The molecule has 0 aliphatic carbocycles. The van der Waals surface area contributed by atoms with Crippen LogP contribution in [0, 0.1) is 11.3 Å². The van der Waals surface area contributed by atoms with Crippen LogP contribution < -0.4 is 21.5 Å². The van der Waals surface area contributed by atoms with Crippen molar-refractivity contribution in [3.8, 4) is 6.07 Å². The number of aromatic nitrogens is 2. The first-order chi connectivity index (χ1) is 12.6. The van der Waals surface area contributed by atoms with Gasteiger partial charge in [-0.2, -0.15) is 23.4 Å². The number of anilines is 3. The van der Waals surface area contributed by atoms with E-state index in [4.69, 9.17) is 11.5 Å². The van der Waals surface area contributed by atoms with E-state index in [9.17, 15) is 23.2 Å². The average molecular weight is 397 g/mol. The molecule has 27 heavy (non-hydrogen) atoms. The highest BCUT2D eigenvalue weighted by atomic mass is 32.2. The summed E-state index contributed by atoms with van der Waals surface area (Å²) in [5.41, 5.74) is 9.88. The van der Waals surface area contributed by atoms with Crippen LogP contribution in [0.5, 0.6) is 0 Å². The van der Waals surface area contributed by atoms with Gasteiger partial charge in [-0.1, -0.05) is 6.07 Å². The fraction of sp³-hybridized carbons (Fsp3) is 0.200. The van der Waals surface area contributed by atoms with E-state index in [-0.39, 0.29) is 28.0 Å². The Morgan fingerprint density at radius 1 is 1.33 bits per heavy atom. The van der Waals surface area contributed by atoms with Crippen LogP contribution in [0.2, 0.25) is 0 Å². The predicted octanol–water partition coefficient (Wildman–Crippen LogP) is 2.61. The second-order valence-corrected chi connectivity index (χ2v) is 5.92. The Balaban J connectivity index is 2.61. The number of nitrogens with zero attached hydrogens (tertiary/aromatic N) is 5. The van der Waals surface area contributed by atoms with Crippen molar-refractivity contribution in [2.45, 2.75) is 11.2 Å². The molecule has 1 aromatic heterocycles. The van der Waals surface area contributed by atoms with Crippen LogP contribution in [0.3, 0.4) is 0 Å². The van der Waals surface area contributed by atoms with E-state index in [0.29, 0.717) is 0 Å². The number of amides is 2. The summed E-state index contributed by atoms with van der Waals surface area (Å²) in [4.78, 5) is 19.8. The van der Waals surface area contributed by atoms with Gasteiger partial charge in [-0.3, -0.25) is 5.01 Å². The third-order valence-corrected chi connectivity index (χ3v) is 4.09. The number of thioether (sulfide) groups is 1. The quantitative estimate of drug-likeness (QED) is 0.461. The Bertz CT molecular complexity index is 913. The number of alkyl halides is 3. The number of urea groups is 1. The molecule has 1 aromatic carbocycles. The second-order valence-electron chi connectivity index (χ2n) is 5.12. The van der Waals surface area contributed by atoms with E-state index in [2.05, 4.69) is 9.97 Å². The smallest absolute Gasteiger partial charge is 0.368 e. The molecule has 0 saturated carbocycles. The van der Waals surface area contributed by atoms with Crippen LogP contribution in [-0.2, 0) is 6.18 Å². The van der Waals surface area contributed by atoms with Gasteiger partial charge >= 0.3 is 12.2 Å². The van der Waals surface area contributed by atoms with Crippen LogP contribution in [-0.4, -0.2) is 29.3 Å². The zero-order valence-electron chi connectivity index (χ0n) is 14.2. The number of primary amides is 1. The van der Waals surface area contributed by atoms with Crippen LogP contribution >= 0.6 is 11.8 Å². The van der Waals surface area contributed by atoms with Crippen LogP contribution in [0.4, 0.5) is 35.4 Å². The van der Waals surface area contributed by atoms with Gasteiger partial charge in [-0.25, -0.2) is 14.8 Å². The number of nitrogens with two attached hydrogens (primary N) is 2. The number of hydrogen-bond acceptors (Lipinski definition) is 7. The molecule has 2 aromatic rings. The molecule has 0 spiro atoms. The number of halogens is 3. The number of hydrogen-bond donors (Lipinski definition) is 2. The van der Waals surface area contributed by atoms with Gasteiger partial charge in [0.15, 0.2) is 5.82 Å². The molecule has 142 valence electrons. The highest BCUT2D eigenvalue weighted by molar-refractivity contribution is 7.98. The minimum atomic E-state index is -4.61. The lowest BCUT2D eigenvalue weighted by Gasteiger charge is -2.32. The molecule has 0 aliphatic rings. The third-order valence-electron chi connectivity index (χ3n) is 3.41. The molecule has 2 rings (SSSR count). The van der Waals surface area contributed by atoms with Crippen molar-refractivity contribution in [3.05, 3.63) is 35.4 Å². The Kier molecular flexibility index (Phi) is 5.65. The largest absolute Gasteiger partial charge is 0.416 e. The normalized spacial score (nSPS) is 11.0. The van der Waals surface area contributed by atoms with Crippen molar-refractivity contribution in [1.82, 2.24) is 9.97 Å². The summed E-state index contributed by atoms with van der Waals surface area (Å²) in [6.45, 7) is 0. The van der Waals surface area contributed by atoms with Gasteiger partial charge in [-0.15, -0.1) is 11.8 Å². The molecule has 0 aliphatic heterocycles. The molecular weight excluding hydrogens is 383 g/mol. The standard InChI is InChI=1S/C15H14F3N7OS/c1-24(11-10(7-19)12(27-2)23-13(20)22-11)25(14(21)26)9-5-3-4-8(6-9)15(16,17)18/h3-6H,1-2H3,(H2,21,26)(H2,20,22,23). The van der Waals surface area contributed by atoms with Crippen molar-refractivity contribution in [2.75, 3.05) is 29.1 Å². The molecule has 8 nitrogen and oxygen atoms in total. The third kappa shape index (κ3) is 4.14. The summed E-state index contributed by atoms with van der Waals surface area (Å²) in [5, 5.41) is 11.5. The maximum absolute atomic E-state index is 13.0. The fourth-order valence-corrected chi connectivity index (χ4v) is 2.81. The molecule has 0 radical (unpaired) electrons. The zero-order chi connectivity index (χ0) is 20.4. The van der Waals surface area contributed by atoms with E-state index in [0.717, 1.165) is 40.0 Å². The van der Waals surface area contributed by atoms with Gasteiger partial charge in [0, 0.05) is 7.05 Å². The molecule has 0 saturated heterocycles. The Labute approximate surface area is 156 Å². The maximum Gasteiger partial charge on any atom is 0.416 e. The van der Waals surface area contributed by atoms with Gasteiger partial charge in [0.2, 0.25) is 5.95 Å². The number of rotatable bonds is 4. The summed E-state index contributed by atoms with van der Waals surface area (Å²) in [6, 6.07) is 4.84. The number of carbonyl (C=O) groups is 1. The molecule has 0 bridgehead atoms. The van der Waals surface area contributed by atoms with Gasteiger partial charge in [0.05, 0.1) is 11.3 Å². The SMILES string of the molecule is CSc1nc(N)nc(N(C)N(C(N)=O)c2cccc(C(F)(F)F)c2)c1C#N. The first-order valence-electron chi connectivity index (χ1n) is 7.22. The van der Waals surface area contributed by atoms with Crippen LogP contribution in [0.25, 0.3) is 0 Å². The molecule has 0 fully saturated rings. The summed E-state index contributed by atoms with van der Waals surface area (Å²) >= 11 is 1.12. The molecule has 0 unspecified atom stereocenters. The lowest BCUT2D eigenvalue weighted by molar-refractivity contribution is -0.137. The van der Waals surface area contributed by atoms with E-state index in [1.165, 1.54) is 13.1 Å². The minimum Gasteiger partial charge on any atom is -0.368 e. The van der Waals surface area contributed by atoms with Crippen molar-refractivity contribution in [1.29, 1.82) is 5.26 Å². The molecule has 12 heteroatoms. The molecule has 2 amide bonds. The van der Waals surface area contributed by atoms with Crippen LogP contribution in [0.15, 0.2) is 29.3 Å². The summed E-state index contributed by atoms with van der Waals surface area (Å²) < 4.78 is 39.0. The number of benzene rings is 1. The Hall–Kier alpha value is -3.20. The average Bonchev–Trinajstić information content (AvgIpc) is 2.60. The number of hydrazine groups is 1. The monoisotopic (exact) mass is 397 g/mol. The Morgan fingerprint density at radius 2 is 2.00 bits per heavy atom. The van der Waals surface area contributed by atoms with E-state index < -0.39 is 17.8 Å². The van der Waals surface area contributed by atoms with E-state index >= 15 is 0 Å². The first kappa shape index (κ1) is 20.1. The highest BCUT2D eigenvalue weighted by Crippen LogP contribution is 2.33. The minimum absolute atomic E-state index is 0.00238. The first-order valence-corrected chi connectivity index (χ1v) is 8.44. The highest BCUT2D eigenvalue weighted by Gasteiger charge is 2.32. The summed E-state index contributed by atoms with van der Waals surface area (Å²) in [5.74, 6) is -0.251. The van der Waals surface area contributed by atoms with Crippen molar-refractivity contribution < 1.29 is 18.0 Å². The van der Waals surface area contributed by atoms with E-state index in [1.807, 2.05) is 6.07 Å². The number of carbonyl (C=O) groups excluding carboxylic acids is 1. The fourth-order valence-electron chi connectivity index (χ4n) is 2.28. The molecule has 1 heterocycles. The van der Waals surface area contributed by atoms with Crippen molar-refractivity contribution in [3.63, 3.8) is 0 Å². The summed E-state index contributed by atoms with van der Waals surface area (Å²) in [6.07, 6.45) is -2.95. The Morgan fingerprint density at radius 3 is 2.52 bits per heavy atom. The van der Waals surface area contributed by atoms with E-state index in [1.54, 1.807) is 6.26 Å². The van der Waals surface area contributed by atoms with Crippen LogP contribution in [0.1, 0.15) is 11.1 Å². The lowest BCUT2D eigenvalue weighted by atomic mass is 10.2. The van der Waals surface area contributed by atoms with Gasteiger partial charge in [0.25, 0.3) is 0 Å². The number of nitriles is 1. The zero-order valence-corrected chi connectivity index (χ0v) is 15.0. The maximum atomic E-state index is 13.0. The summed E-state index contributed by atoms with van der Waals surface area (Å²) in [7, 11) is 1.32. The second kappa shape index (κ2) is 7.58. The van der Waals surface area contributed by atoms with Crippen molar-refractivity contribution in [2.24, 2.45) is 5.73 Å². The predicted molar refractivity (Wildman–Crippen MR) is 94.8 cm³/mol.